The topological polar surface area (TPSA) is 36.9 Å². The molecule has 0 bridgehead atoms. The van der Waals surface area contributed by atoms with E-state index in [2.05, 4.69) is 18.9 Å². The highest BCUT2D eigenvalue weighted by molar-refractivity contribution is 5.03. The summed E-state index contributed by atoms with van der Waals surface area (Å²) in [5.41, 5.74) is -10.4. The van der Waals surface area contributed by atoms with Crippen LogP contribution in [0.5, 0.6) is 0 Å². The lowest BCUT2D eigenvalue weighted by atomic mass is 9.92. The predicted molar refractivity (Wildman–Crippen MR) is 81.1 cm³/mol. The fraction of sp³-hybridized carbons (Fsp3) is 1.00. The van der Waals surface area contributed by atoms with Crippen molar-refractivity contribution in [2.45, 2.75) is 88.0 Å². The van der Waals surface area contributed by atoms with Gasteiger partial charge in [0, 0.05) is 26.1 Å². The Labute approximate surface area is 174 Å². The van der Waals surface area contributed by atoms with Gasteiger partial charge in [-0.25, -0.2) is 0 Å². The largest absolute Gasteiger partial charge is 0.426 e. The van der Waals surface area contributed by atoms with Crippen molar-refractivity contribution < 1.29 is 71.6 Å². The summed E-state index contributed by atoms with van der Waals surface area (Å²) >= 11 is 0. The van der Waals surface area contributed by atoms with Crippen LogP contribution in [-0.2, 0) is 18.9 Å². The lowest BCUT2D eigenvalue weighted by Crippen LogP contribution is -2.68. The molecule has 0 spiro atoms. The van der Waals surface area contributed by atoms with E-state index in [0.29, 0.717) is 0 Å². The van der Waals surface area contributed by atoms with Crippen LogP contribution in [0.15, 0.2) is 0 Å². The van der Waals surface area contributed by atoms with E-state index in [-0.39, 0.29) is 12.8 Å². The van der Waals surface area contributed by atoms with E-state index in [9.17, 15) is 52.7 Å². The number of hydrogen-bond acceptors (Lipinski definition) is 4. The Hall–Kier alpha value is -1.00. The Morgan fingerprint density at radius 2 is 0.844 bits per heavy atom. The van der Waals surface area contributed by atoms with Gasteiger partial charge in [0.1, 0.15) is 0 Å². The summed E-state index contributed by atoms with van der Waals surface area (Å²) in [5, 5.41) is 0. The smallest absolute Gasteiger partial charge is 0.353 e. The summed E-state index contributed by atoms with van der Waals surface area (Å²) in [6.07, 6.45) is -37.3. The van der Waals surface area contributed by atoms with Gasteiger partial charge in [-0.05, 0) is 12.8 Å². The van der Waals surface area contributed by atoms with Crippen molar-refractivity contribution in [2.24, 2.45) is 0 Å². The number of rotatable bonds is 6. The molecule has 0 aromatic heterocycles. The monoisotopic (exact) mass is 504 g/mol. The quantitative estimate of drug-likeness (QED) is 0.413. The van der Waals surface area contributed by atoms with Gasteiger partial charge in [-0.2, -0.15) is 52.7 Å². The molecule has 0 aromatic carbocycles. The van der Waals surface area contributed by atoms with Gasteiger partial charge < -0.3 is 18.9 Å². The maximum Gasteiger partial charge on any atom is 0.426 e. The van der Waals surface area contributed by atoms with E-state index in [1.807, 2.05) is 0 Å². The van der Waals surface area contributed by atoms with Gasteiger partial charge in [-0.1, -0.05) is 13.8 Å². The number of alkyl halides is 12. The molecule has 0 amide bonds. The fourth-order valence-corrected chi connectivity index (χ4v) is 2.83. The maximum atomic E-state index is 13.6. The summed E-state index contributed by atoms with van der Waals surface area (Å²) in [6, 6.07) is 0. The van der Waals surface area contributed by atoms with Crippen molar-refractivity contribution in [2.75, 3.05) is 13.2 Å². The fourth-order valence-electron chi connectivity index (χ4n) is 2.83. The van der Waals surface area contributed by atoms with Gasteiger partial charge in [0.2, 0.25) is 0 Å². The van der Waals surface area contributed by atoms with Crippen LogP contribution >= 0.6 is 0 Å². The number of ether oxygens (including phenoxy) is 4. The van der Waals surface area contributed by atoms with E-state index in [1.54, 1.807) is 0 Å². The van der Waals surface area contributed by atoms with E-state index in [1.165, 1.54) is 13.8 Å². The van der Waals surface area contributed by atoms with Crippen LogP contribution in [0.25, 0.3) is 0 Å². The average molecular weight is 504 g/mol. The van der Waals surface area contributed by atoms with Crippen molar-refractivity contribution in [1.29, 1.82) is 0 Å². The van der Waals surface area contributed by atoms with E-state index < -0.39 is 74.5 Å². The van der Waals surface area contributed by atoms with Crippen LogP contribution < -0.4 is 0 Å². The molecule has 16 heteroatoms. The Bertz CT molecular complexity index is 500. The zero-order valence-electron chi connectivity index (χ0n) is 16.6. The molecular weight excluding hydrogens is 484 g/mol. The highest BCUT2D eigenvalue weighted by atomic mass is 19.4. The highest BCUT2D eigenvalue weighted by Gasteiger charge is 2.79. The summed E-state index contributed by atoms with van der Waals surface area (Å²) in [6.45, 7) is 0.932. The highest BCUT2D eigenvalue weighted by Crippen LogP contribution is 2.56. The van der Waals surface area contributed by atoms with Gasteiger partial charge in [-0.15, -0.1) is 0 Å². The van der Waals surface area contributed by atoms with Crippen molar-refractivity contribution in [3.05, 3.63) is 0 Å². The van der Waals surface area contributed by atoms with Gasteiger partial charge in [0.05, 0.1) is 0 Å². The molecule has 1 saturated heterocycles. The second-order valence-electron chi connectivity index (χ2n) is 6.89. The summed E-state index contributed by atoms with van der Waals surface area (Å²) in [7, 11) is 0. The lowest BCUT2D eigenvalue weighted by Gasteiger charge is -2.48. The van der Waals surface area contributed by atoms with Crippen molar-refractivity contribution >= 4 is 0 Å². The molecule has 0 aromatic rings. The molecule has 1 fully saturated rings. The molecule has 4 nitrogen and oxygen atoms in total. The first-order valence-corrected chi connectivity index (χ1v) is 9.13. The Balaban J connectivity index is 3.75. The first kappa shape index (κ1) is 29.0. The number of hydrogen-bond donors (Lipinski definition) is 0. The molecule has 0 N–H and O–H groups in total. The molecule has 32 heavy (non-hydrogen) atoms. The second kappa shape index (κ2) is 9.70. The molecule has 2 atom stereocenters. The lowest BCUT2D eigenvalue weighted by molar-refractivity contribution is -0.469. The third kappa shape index (κ3) is 5.73. The van der Waals surface area contributed by atoms with E-state index >= 15 is 0 Å². The van der Waals surface area contributed by atoms with Crippen molar-refractivity contribution in [3.63, 3.8) is 0 Å². The molecule has 0 aliphatic carbocycles. The third-order valence-electron chi connectivity index (χ3n) is 4.42. The Morgan fingerprint density at radius 3 is 1.03 bits per heavy atom. The van der Waals surface area contributed by atoms with Crippen LogP contribution in [0.1, 0.15) is 39.5 Å². The van der Waals surface area contributed by atoms with Crippen LogP contribution in [0.3, 0.4) is 0 Å². The molecule has 1 aliphatic heterocycles. The zero-order valence-corrected chi connectivity index (χ0v) is 16.6. The summed E-state index contributed by atoms with van der Waals surface area (Å²) < 4.78 is 180. The van der Waals surface area contributed by atoms with Crippen LogP contribution in [-0.4, -0.2) is 61.7 Å². The average Bonchev–Trinajstić information content (AvgIpc) is 2.55. The standard InChI is InChI=1S/C16H20F12O4/c1-3-5-29-9-7-11(13(17,18)19,14(20,21)22)32-10(30-6-4-2)8-12(31-9,15(23,24)25)16(26,27)28/h9-10H,3-8H2,1-2H3/t9-,10+. The minimum Gasteiger partial charge on any atom is -0.353 e. The Kier molecular flexibility index (Phi) is 8.80. The minimum atomic E-state index is -6.33. The molecule has 0 unspecified atom stereocenters. The third-order valence-corrected chi connectivity index (χ3v) is 4.42. The van der Waals surface area contributed by atoms with Gasteiger partial charge in [0.15, 0.2) is 12.6 Å². The minimum absolute atomic E-state index is 0.168. The van der Waals surface area contributed by atoms with Crippen LogP contribution in [0.4, 0.5) is 52.7 Å². The molecule has 1 rings (SSSR count). The molecular formula is C16H20F12O4. The summed E-state index contributed by atoms with van der Waals surface area (Å²) in [5.74, 6) is 0. The van der Waals surface area contributed by atoms with Crippen molar-refractivity contribution in [1.82, 2.24) is 0 Å². The number of halogens is 12. The van der Waals surface area contributed by atoms with Gasteiger partial charge in [0.25, 0.3) is 11.2 Å². The predicted octanol–water partition coefficient (Wildman–Crippen LogP) is 6.05. The van der Waals surface area contributed by atoms with Crippen LogP contribution in [0.2, 0.25) is 0 Å². The molecule has 0 saturated carbocycles. The van der Waals surface area contributed by atoms with Gasteiger partial charge in [-0.3, -0.25) is 0 Å². The van der Waals surface area contributed by atoms with Crippen molar-refractivity contribution in [3.8, 4) is 0 Å². The SMILES string of the molecule is CCCO[C@H]1CC(C(F)(F)F)(C(F)(F)F)O[C@H](OCCC)CC(C(F)(F)F)(C(F)(F)F)O1. The first-order chi connectivity index (χ1) is 14.3. The maximum absolute atomic E-state index is 13.6. The molecule has 1 aliphatic rings. The normalized spacial score (nSPS) is 25.3. The van der Waals surface area contributed by atoms with Gasteiger partial charge >= 0.3 is 24.7 Å². The molecule has 0 radical (unpaired) electrons. The summed E-state index contributed by atoms with van der Waals surface area (Å²) in [4.78, 5) is 0. The van der Waals surface area contributed by atoms with Crippen LogP contribution in [0, 0.1) is 0 Å². The Morgan fingerprint density at radius 1 is 0.594 bits per heavy atom. The zero-order chi connectivity index (χ0) is 25.2. The molecule has 192 valence electrons. The second-order valence-corrected chi connectivity index (χ2v) is 6.89. The van der Waals surface area contributed by atoms with E-state index in [4.69, 9.17) is 0 Å². The first-order valence-electron chi connectivity index (χ1n) is 9.13. The molecule has 1 heterocycles. The van der Waals surface area contributed by atoms with E-state index in [0.717, 1.165) is 0 Å².